The summed E-state index contributed by atoms with van der Waals surface area (Å²) in [7, 11) is 0. The molecule has 5 heteroatoms. The van der Waals surface area contributed by atoms with Crippen molar-refractivity contribution in [2.75, 3.05) is 0 Å². The fourth-order valence-electron chi connectivity index (χ4n) is 1.50. The molecule has 0 atom stereocenters. The molecule has 0 amide bonds. The minimum absolute atomic E-state index is 0.241. The first-order valence-corrected chi connectivity index (χ1v) is 6.36. The first kappa shape index (κ1) is 13.1. The van der Waals surface area contributed by atoms with Crippen LogP contribution in [0.5, 0.6) is 0 Å². The third-order valence-corrected chi connectivity index (χ3v) is 3.21. The molecule has 0 spiro atoms. The van der Waals surface area contributed by atoms with Crippen molar-refractivity contribution in [3.05, 3.63) is 57.8 Å². The minimum Gasteiger partial charge on any atom is -0.307 e. The highest BCUT2D eigenvalue weighted by atomic mass is 79.9. The van der Waals surface area contributed by atoms with Crippen LogP contribution in [0.25, 0.3) is 0 Å². The largest absolute Gasteiger partial charge is 0.307 e. The van der Waals surface area contributed by atoms with Crippen LogP contribution in [0.15, 0.2) is 35.1 Å². The Morgan fingerprint density at radius 1 is 1.22 bits per heavy atom. The summed E-state index contributed by atoms with van der Waals surface area (Å²) in [6, 6.07) is 4.67. The van der Waals surface area contributed by atoms with Crippen molar-refractivity contribution < 1.29 is 4.39 Å². The van der Waals surface area contributed by atoms with Crippen molar-refractivity contribution in [3.8, 4) is 0 Å². The first-order valence-electron chi connectivity index (χ1n) is 5.57. The summed E-state index contributed by atoms with van der Waals surface area (Å²) in [6.07, 6.45) is 3.49. The summed E-state index contributed by atoms with van der Waals surface area (Å²) in [6.45, 7) is 3.19. The maximum absolute atomic E-state index is 12.9. The number of halogens is 2. The van der Waals surface area contributed by atoms with Gasteiger partial charge in [0.05, 0.1) is 11.4 Å². The summed E-state index contributed by atoms with van der Waals surface area (Å²) >= 11 is 3.34. The molecule has 1 N–H and O–H groups in total. The predicted molar refractivity (Wildman–Crippen MR) is 71.4 cm³/mol. The quantitative estimate of drug-likeness (QED) is 0.943. The Kier molecular flexibility index (Phi) is 4.38. The van der Waals surface area contributed by atoms with E-state index in [2.05, 4.69) is 31.2 Å². The van der Waals surface area contributed by atoms with E-state index in [-0.39, 0.29) is 5.82 Å². The van der Waals surface area contributed by atoms with E-state index in [1.165, 1.54) is 12.1 Å². The highest BCUT2D eigenvalue weighted by Crippen LogP contribution is 2.17. The van der Waals surface area contributed by atoms with E-state index in [1.54, 1.807) is 18.5 Å². The van der Waals surface area contributed by atoms with E-state index in [0.29, 0.717) is 13.1 Å². The average molecular weight is 310 g/mol. The number of rotatable bonds is 4. The van der Waals surface area contributed by atoms with Crippen LogP contribution < -0.4 is 5.32 Å². The summed E-state index contributed by atoms with van der Waals surface area (Å²) < 4.78 is 13.7. The van der Waals surface area contributed by atoms with Gasteiger partial charge in [0.25, 0.3) is 0 Å². The third-order valence-electron chi connectivity index (χ3n) is 2.47. The van der Waals surface area contributed by atoms with Gasteiger partial charge in [-0.05, 0) is 24.6 Å². The number of aryl methyl sites for hydroxylation is 1. The number of hydrogen-bond acceptors (Lipinski definition) is 3. The maximum atomic E-state index is 12.9. The summed E-state index contributed by atoms with van der Waals surface area (Å²) in [5, 5.41) is 3.24. The number of nitrogens with zero attached hydrogens (tertiary/aromatic N) is 2. The zero-order valence-corrected chi connectivity index (χ0v) is 11.5. The molecular weight excluding hydrogens is 297 g/mol. The fraction of sp³-hybridized carbons (Fsp3) is 0.231. The topological polar surface area (TPSA) is 37.8 Å². The molecular formula is C13H13BrFN3. The molecule has 0 aliphatic rings. The number of benzene rings is 1. The standard InChI is InChI=1S/C13H13BrFN3/c1-9-5-18-12(8-17-9)7-16-6-10-2-3-11(15)4-13(10)14/h2-5,8,16H,6-7H2,1H3. The predicted octanol–water partition coefficient (Wildman–Crippen LogP) is 2.98. The van der Waals surface area contributed by atoms with Gasteiger partial charge < -0.3 is 5.32 Å². The van der Waals surface area contributed by atoms with Gasteiger partial charge in [-0.1, -0.05) is 22.0 Å². The molecule has 0 aliphatic heterocycles. The maximum Gasteiger partial charge on any atom is 0.124 e. The molecule has 0 saturated carbocycles. The molecule has 2 rings (SSSR count). The molecule has 0 unspecified atom stereocenters. The number of aromatic nitrogens is 2. The number of nitrogens with one attached hydrogen (secondary N) is 1. The van der Waals surface area contributed by atoms with Crippen LogP contribution >= 0.6 is 15.9 Å². The van der Waals surface area contributed by atoms with Crippen LogP contribution in [0.1, 0.15) is 17.0 Å². The Bertz CT molecular complexity index is 528. The Balaban J connectivity index is 1.90. The Morgan fingerprint density at radius 3 is 2.72 bits per heavy atom. The van der Waals surface area contributed by atoms with E-state index < -0.39 is 0 Å². The van der Waals surface area contributed by atoms with Crippen LogP contribution in [-0.2, 0) is 13.1 Å². The SMILES string of the molecule is Cc1cnc(CNCc2ccc(F)cc2Br)cn1. The lowest BCUT2D eigenvalue weighted by Crippen LogP contribution is -2.14. The van der Waals surface area contributed by atoms with E-state index in [4.69, 9.17) is 0 Å². The van der Waals surface area contributed by atoms with Gasteiger partial charge >= 0.3 is 0 Å². The Labute approximate surface area is 114 Å². The van der Waals surface area contributed by atoms with Crippen molar-refractivity contribution in [2.24, 2.45) is 0 Å². The normalized spacial score (nSPS) is 10.6. The van der Waals surface area contributed by atoms with Crippen LogP contribution in [-0.4, -0.2) is 9.97 Å². The van der Waals surface area contributed by atoms with E-state index in [1.807, 2.05) is 6.92 Å². The summed E-state index contributed by atoms with van der Waals surface area (Å²) in [5.74, 6) is -0.241. The second-order valence-electron chi connectivity index (χ2n) is 3.99. The lowest BCUT2D eigenvalue weighted by Gasteiger charge is -2.06. The van der Waals surface area contributed by atoms with Gasteiger partial charge in [0.2, 0.25) is 0 Å². The monoisotopic (exact) mass is 309 g/mol. The van der Waals surface area contributed by atoms with E-state index in [0.717, 1.165) is 21.4 Å². The van der Waals surface area contributed by atoms with Crippen molar-refractivity contribution in [1.29, 1.82) is 0 Å². The first-order chi connectivity index (χ1) is 8.65. The van der Waals surface area contributed by atoms with Crippen molar-refractivity contribution in [1.82, 2.24) is 15.3 Å². The molecule has 3 nitrogen and oxygen atoms in total. The minimum atomic E-state index is -0.241. The Hall–Kier alpha value is -1.33. The molecule has 1 aromatic heterocycles. The van der Waals surface area contributed by atoms with Crippen LogP contribution in [0.3, 0.4) is 0 Å². The van der Waals surface area contributed by atoms with Crippen molar-refractivity contribution in [2.45, 2.75) is 20.0 Å². The van der Waals surface area contributed by atoms with Gasteiger partial charge in [0, 0.05) is 30.0 Å². The molecule has 0 fully saturated rings. The van der Waals surface area contributed by atoms with Crippen molar-refractivity contribution >= 4 is 15.9 Å². The molecule has 94 valence electrons. The molecule has 0 bridgehead atoms. The smallest absolute Gasteiger partial charge is 0.124 e. The zero-order chi connectivity index (χ0) is 13.0. The molecule has 0 aliphatic carbocycles. The molecule has 1 heterocycles. The molecule has 0 radical (unpaired) electrons. The highest BCUT2D eigenvalue weighted by molar-refractivity contribution is 9.10. The Morgan fingerprint density at radius 2 is 2.06 bits per heavy atom. The van der Waals surface area contributed by atoms with Gasteiger partial charge in [-0.25, -0.2) is 4.39 Å². The zero-order valence-electron chi connectivity index (χ0n) is 9.95. The second-order valence-corrected chi connectivity index (χ2v) is 4.84. The highest BCUT2D eigenvalue weighted by Gasteiger charge is 2.01. The lowest BCUT2D eigenvalue weighted by atomic mass is 10.2. The van der Waals surface area contributed by atoms with E-state index in [9.17, 15) is 4.39 Å². The van der Waals surface area contributed by atoms with Crippen LogP contribution in [0.2, 0.25) is 0 Å². The van der Waals surface area contributed by atoms with Crippen LogP contribution in [0.4, 0.5) is 4.39 Å². The van der Waals surface area contributed by atoms with Gasteiger partial charge in [0.15, 0.2) is 0 Å². The molecule has 1 aromatic carbocycles. The number of hydrogen-bond donors (Lipinski definition) is 1. The van der Waals surface area contributed by atoms with E-state index >= 15 is 0 Å². The van der Waals surface area contributed by atoms with Crippen LogP contribution in [0, 0.1) is 12.7 Å². The average Bonchev–Trinajstić information content (AvgIpc) is 2.34. The molecule has 0 saturated heterocycles. The van der Waals surface area contributed by atoms with Gasteiger partial charge in [-0.3, -0.25) is 9.97 Å². The van der Waals surface area contributed by atoms with Gasteiger partial charge in [0.1, 0.15) is 5.82 Å². The van der Waals surface area contributed by atoms with Crippen molar-refractivity contribution in [3.63, 3.8) is 0 Å². The lowest BCUT2D eigenvalue weighted by molar-refractivity contribution is 0.622. The molecule has 2 aromatic rings. The molecule has 18 heavy (non-hydrogen) atoms. The summed E-state index contributed by atoms with van der Waals surface area (Å²) in [4.78, 5) is 8.42. The third kappa shape index (κ3) is 3.58. The second kappa shape index (κ2) is 6.02. The fourth-order valence-corrected chi connectivity index (χ4v) is 1.99. The van der Waals surface area contributed by atoms with Gasteiger partial charge in [-0.15, -0.1) is 0 Å². The van der Waals surface area contributed by atoms with Gasteiger partial charge in [-0.2, -0.15) is 0 Å². The summed E-state index contributed by atoms with van der Waals surface area (Å²) in [5.41, 5.74) is 2.80.